The van der Waals surface area contributed by atoms with E-state index >= 15 is 0 Å². The highest BCUT2D eigenvalue weighted by Gasteiger charge is 2.05. The molecule has 0 aliphatic carbocycles. The van der Waals surface area contributed by atoms with Crippen LogP contribution in [0.1, 0.15) is 12.5 Å². The van der Waals surface area contributed by atoms with E-state index < -0.39 is 0 Å². The molecule has 0 bridgehead atoms. The maximum absolute atomic E-state index is 6.03. The van der Waals surface area contributed by atoms with Crippen LogP contribution in [0.25, 0.3) is 11.3 Å². The number of anilines is 1. The van der Waals surface area contributed by atoms with Crippen molar-refractivity contribution in [3.63, 3.8) is 0 Å². The van der Waals surface area contributed by atoms with Crippen molar-refractivity contribution in [3.05, 3.63) is 68.5 Å². The highest BCUT2D eigenvalue weighted by atomic mass is 35.5. The molecule has 0 radical (unpaired) electrons. The van der Waals surface area contributed by atoms with Gasteiger partial charge in [0.1, 0.15) is 0 Å². The molecule has 0 saturated carbocycles. The fraction of sp³-hybridized carbons (Fsp3) is 0.0588. The molecule has 3 nitrogen and oxygen atoms in total. The minimum Gasteiger partial charge on any atom is -0.252 e. The summed E-state index contributed by atoms with van der Waals surface area (Å²) in [7, 11) is 0. The van der Waals surface area contributed by atoms with Gasteiger partial charge in [-0.2, -0.15) is 5.10 Å². The number of rotatable bonds is 4. The summed E-state index contributed by atoms with van der Waals surface area (Å²) < 4.78 is 0. The molecule has 0 amide bonds. The minimum absolute atomic E-state index is 0.503. The van der Waals surface area contributed by atoms with Gasteiger partial charge in [0.15, 0.2) is 0 Å². The number of thiazole rings is 1. The maximum atomic E-state index is 6.03. The Kier molecular flexibility index (Phi) is 5.41. The summed E-state index contributed by atoms with van der Waals surface area (Å²) in [5, 5.41) is 8.75. The summed E-state index contributed by atoms with van der Waals surface area (Å²) >= 11 is 19.3. The quantitative estimate of drug-likeness (QED) is 0.398. The van der Waals surface area contributed by atoms with Crippen molar-refractivity contribution in [1.82, 2.24) is 4.98 Å². The van der Waals surface area contributed by atoms with Crippen LogP contribution in [0.2, 0.25) is 15.1 Å². The van der Waals surface area contributed by atoms with E-state index in [-0.39, 0.29) is 0 Å². The Morgan fingerprint density at radius 1 is 1.04 bits per heavy atom. The molecule has 0 atom stereocenters. The van der Waals surface area contributed by atoms with Crippen LogP contribution in [0.5, 0.6) is 0 Å². The molecule has 0 unspecified atom stereocenters. The second-order valence-corrected chi connectivity index (χ2v) is 7.09. The van der Waals surface area contributed by atoms with Crippen molar-refractivity contribution in [3.8, 4) is 11.3 Å². The Morgan fingerprint density at radius 2 is 1.79 bits per heavy atom. The van der Waals surface area contributed by atoms with Gasteiger partial charge in [-0.05, 0) is 36.8 Å². The van der Waals surface area contributed by atoms with Crippen LogP contribution in [0.4, 0.5) is 5.13 Å². The largest absolute Gasteiger partial charge is 0.252 e. The molecule has 122 valence electrons. The summed E-state index contributed by atoms with van der Waals surface area (Å²) in [5.74, 6) is 0. The third kappa shape index (κ3) is 4.08. The number of hydrogen-bond donors (Lipinski definition) is 1. The normalized spacial score (nSPS) is 11.6. The molecule has 1 aromatic heterocycles. The topological polar surface area (TPSA) is 37.3 Å². The number of benzene rings is 2. The zero-order valence-electron chi connectivity index (χ0n) is 12.6. The van der Waals surface area contributed by atoms with Crippen LogP contribution < -0.4 is 5.43 Å². The Morgan fingerprint density at radius 3 is 2.50 bits per heavy atom. The van der Waals surface area contributed by atoms with Crippen LogP contribution in [-0.4, -0.2) is 10.7 Å². The second-order valence-electron chi connectivity index (χ2n) is 4.98. The average molecular weight is 397 g/mol. The van der Waals surface area contributed by atoms with Gasteiger partial charge < -0.3 is 0 Å². The van der Waals surface area contributed by atoms with Gasteiger partial charge in [-0.15, -0.1) is 11.3 Å². The lowest BCUT2D eigenvalue weighted by molar-refractivity contribution is 1.27. The fourth-order valence-corrected chi connectivity index (χ4v) is 3.08. The Labute approximate surface area is 158 Å². The van der Waals surface area contributed by atoms with Crippen LogP contribution in [0.15, 0.2) is 52.9 Å². The number of aromatic nitrogens is 1. The first-order valence-electron chi connectivity index (χ1n) is 7.00. The number of nitrogens with one attached hydrogen (secondary N) is 1. The third-order valence-corrected chi connectivity index (χ3v) is 5.04. The summed E-state index contributed by atoms with van der Waals surface area (Å²) in [6.07, 6.45) is 0. The molecule has 0 saturated heterocycles. The number of halogens is 3. The molecule has 0 aliphatic heterocycles. The Bertz CT molecular complexity index is 888. The second kappa shape index (κ2) is 7.53. The SMILES string of the molecule is C/C(=N/Nc1nc(-c2ccc(Cl)cc2)cs1)c1ccc(Cl)c(Cl)c1. The minimum atomic E-state index is 0.503. The van der Waals surface area contributed by atoms with Gasteiger partial charge in [-0.3, -0.25) is 5.43 Å². The highest BCUT2D eigenvalue weighted by molar-refractivity contribution is 7.14. The first kappa shape index (κ1) is 17.2. The van der Waals surface area contributed by atoms with E-state index in [2.05, 4.69) is 15.5 Å². The zero-order chi connectivity index (χ0) is 17.1. The van der Waals surface area contributed by atoms with E-state index in [1.807, 2.05) is 42.6 Å². The van der Waals surface area contributed by atoms with Gasteiger partial charge in [0.05, 0.1) is 21.5 Å². The third-order valence-electron chi connectivity index (χ3n) is 3.30. The average Bonchev–Trinajstić information content (AvgIpc) is 3.05. The molecule has 24 heavy (non-hydrogen) atoms. The fourth-order valence-electron chi connectivity index (χ4n) is 2.00. The molecule has 1 heterocycles. The van der Waals surface area contributed by atoms with Crippen molar-refractivity contribution in [2.45, 2.75) is 6.92 Å². The highest BCUT2D eigenvalue weighted by Crippen LogP contribution is 2.26. The molecular formula is C17H12Cl3N3S. The van der Waals surface area contributed by atoms with Gasteiger partial charge in [-0.25, -0.2) is 4.98 Å². The van der Waals surface area contributed by atoms with E-state index in [1.165, 1.54) is 11.3 Å². The molecule has 3 rings (SSSR count). The molecule has 0 spiro atoms. The molecular weight excluding hydrogens is 385 g/mol. The molecule has 0 fully saturated rings. The van der Waals surface area contributed by atoms with Gasteiger partial charge in [0, 0.05) is 16.0 Å². The van der Waals surface area contributed by atoms with Crippen molar-refractivity contribution < 1.29 is 0 Å². The molecule has 3 aromatic rings. The number of nitrogens with zero attached hydrogens (tertiary/aromatic N) is 2. The molecule has 7 heteroatoms. The lowest BCUT2D eigenvalue weighted by atomic mass is 10.1. The summed E-state index contributed by atoms with van der Waals surface area (Å²) in [6.45, 7) is 1.89. The van der Waals surface area contributed by atoms with E-state index in [1.54, 1.807) is 12.1 Å². The molecule has 2 aromatic carbocycles. The van der Waals surface area contributed by atoms with Crippen LogP contribution in [-0.2, 0) is 0 Å². The maximum Gasteiger partial charge on any atom is 0.203 e. The van der Waals surface area contributed by atoms with Gasteiger partial charge in [0.2, 0.25) is 5.13 Å². The first-order chi connectivity index (χ1) is 11.5. The summed E-state index contributed by atoms with van der Waals surface area (Å²) in [4.78, 5) is 4.52. The van der Waals surface area contributed by atoms with Crippen LogP contribution in [0, 0.1) is 0 Å². The number of hydrazone groups is 1. The lowest BCUT2D eigenvalue weighted by Gasteiger charge is -2.03. The van der Waals surface area contributed by atoms with Gasteiger partial charge in [-0.1, -0.05) is 53.0 Å². The van der Waals surface area contributed by atoms with E-state index in [4.69, 9.17) is 34.8 Å². The smallest absolute Gasteiger partial charge is 0.203 e. The molecule has 1 N–H and O–H groups in total. The van der Waals surface area contributed by atoms with Gasteiger partial charge in [0.25, 0.3) is 0 Å². The van der Waals surface area contributed by atoms with Crippen LogP contribution in [0.3, 0.4) is 0 Å². The van der Waals surface area contributed by atoms with Crippen molar-refractivity contribution in [1.29, 1.82) is 0 Å². The summed E-state index contributed by atoms with van der Waals surface area (Å²) in [5.41, 5.74) is 6.54. The predicted molar refractivity (Wildman–Crippen MR) is 105 cm³/mol. The first-order valence-corrected chi connectivity index (χ1v) is 9.01. The zero-order valence-corrected chi connectivity index (χ0v) is 15.6. The van der Waals surface area contributed by atoms with E-state index in [9.17, 15) is 0 Å². The predicted octanol–water partition coefficient (Wildman–Crippen LogP) is 6.61. The van der Waals surface area contributed by atoms with Crippen LogP contribution >= 0.6 is 46.1 Å². The van der Waals surface area contributed by atoms with E-state index in [0.717, 1.165) is 22.5 Å². The lowest BCUT2D eigenvalue weighted by Crippen LogP contribution is -1.99. The Balaban J connectivity index is 1.74. The van der Waals surface area contributed by atoms with E-state index in [0.29, 0.717) is 20.2 Å². The standard InChI is InChI=1S/C17H12Cl3N3S/c1-10(12-4-7-14(19)15(20)8-12)22-23-17-21-16(9-24-17)11-2-5-13(18)6-3-11/h2-9H,1H3,(H,21,23)/b22-10-. The molecule has 0 aliphatic rings. The summed E-state index contributed by atoms with van der Waals surface area (Å²) in [6, 6.07) is 13.0. The van der Waals surface area contributed by atoms with Crippen molar-refractivity contribution in [2.24, 2.45) is 5.10 Å². The monoisotopic (exact) mass is 395 g/mol. The van der Waals surface area contributed by atoms with Crippen molar-refractivity contribution >= 4 is 57.0 Å². The van der Waals surface area contributed by atoms with Crippen molar-refractivity contribution in [2.75, 3.05) is 5.43 Å². The Hall–Kier alpha value is -1.59. The van der Waals surface area contributed by atoms with Gasteiger partial charge >= 0.3 is 0 Å². The number of hydrogen-bond acceptors (Lipinski definition) is 4.